The summed E-state index contributed by atoms with van der Waals surface area (Å²) in [5.74, 6) is -0.522. The molecule has 0 unspecified atom stereocenters. The first kappa shape index (κ1) is 23.7. The molecule has 3 atom stereocenters. The molecular weight excluding hydrogens is 432 g/mol. The summed E-state index contributed by atoms with van der Waals surface area (Å²) >= 11 is 0. The van der Waals surface area contributed by atoms with Crippen molar-refractivity contribution >= 4 is 22.8 Å². The van der Waals surface area contributed by atoms with E-state index in [1.807, 2.05) is 66.7 Å². The van der Waals surface area contributed by atoms with Crippen LogP contribution in [0.25, 0.3) is 10.8 Å². The Morgan fingerprint density at radius 1 is 1.03 bits per heavy atom. The van der Waals surface area contributed by atoms with E-state index in [4.69, 9.17) is 4.74 Å². The van der Waals surface area contributed by atoms with Crippen molar-refractivity contribution in [2.75, 3.05) is 33.3 Å². The number of rotatable bonds is 8. The van der Waals surface area contributed by atoms with Crippen LogP contribution >= 0.6 is 0 Å². The van der Waals surface area contributed by atoms with Crippen molar-refractivity contribution in [3.63, 3.8) is 0 Å². The maximum Gasteiger partial charge on any atom is 0.407 e. The van der Waals surface area contributed by atoms with Crippen molar-refractivity contribution < 1.29 is 24.5 Å². The standard InChI is InChI=1S/C27H30N2O5/c1-28(27(32)33)17-24(22-12-11-19-7-5-6-10-21(19)15-22)26(20-8-3-2-4-9-20)34-18-25(31)29-14-13-23(30)16-29/h2-12,15,23-24,26,30H,13-14,16-18H2,1H3,(H,32,33)/t23-,24-,26-/m1/s1. The summed E-state index contributed by atoms with van der Waals surface area (Å²) in [5, 5.41) is 21.5. The zero-order chi connectivity index (χ0) is 24.1. The molecule has 178 valence electrons. The van der Waals surface area contributed by atoms with E-state index in [-0.39, 0.29) is 25.0 Å². The summed E-state index contributed by atoms with van der Waals surface area (Å²) in [6.07, 6.45) is -1.50. The summed E-state index contributed by atoms with van der Waals surface area (Å²) in [6.45, 7) is 0.875. The zero-order valence-corrected chi connectivity index (χ0v) is 19.2. The van der Waals surface area contributed by atoms with Gasteiger partial charge in [-0.2, -0.15) is 0 Å². The lowest BCUT2D eigenvalue weighted by atomic mass is 9.87. The summed E-state index contributed by atoms with van der Waals surface area (Å²) in [5.41, 5.74) is 1.80. The second-order valence-corrected chi connectivity index (χ2v) is 8.80. The lowest BCUT2D eigenvalue weighted by molar-refractivity contribution is -0.138. The zero-order valence-electron chi connectivity index (χ0n) is 19.2. The molecule has 1 heterocycles. The Labute approximate surface area is 199 Å². The Morgan fingerprint density at radius 2 is 1.74 bits per heavy atom. The van der Waals surface area contributed by atoms with Crippen molar-refractivity contribution in [2.24, 2.45) is 0 Å². The van der Waals surface area contributed by atoms with Crippen LogP contribution in [0.1, 0.15) is 29.6 Å². The van der Waals surface area contributed by atoms with Crippen LogP contribution in [-0.4, -0.2) is 71.4 Å². The smallest absolute Gasteiger partial charge is 0.407 e. The number of ether oxygens (including phenoxy) is 1. The normalized spacial score (nSPS) is 17.5. The SMILES string of the molecule is CN(C[C@H](c1ccc2ccccc2c1)[C@H](OCC(=O)N1CC[C@@H](O)C1)c1ccccc1)C(=O)O. The number of hydrogen-bond acceptors (Lipinski definition) is 4. The number of carbonyl (C=O) groups excluding carboxylic acids is 1. The molecule has 34 heavy (non-hydrogen) atoms. The van der Waals surface area contributed by atoms with Gasteiger partial charge in [0.15, 0.2) is 0 Å². The molecule has 4 rings (SSSR count). The van der Waals surface area contributed by atoms with Gasteiger partial charge in [-0.3, -0.25) is 4.79 Å². The van der Waals surface area contributed by atoms with Crippen LogP contribution in [0, 0.1) is 0 Å². The van der Waals surface area contributed by atoms with E-state index in [2.05, 4.69) is 6.07 Å². The minimum atomic E-state index is -1.03. The molecule has 1 aliphatic rings. The second kappa shape index (κ2) is 10.7. The van der Waals surface area contributed by atoms with Gasteiger partial charge < -0.3 is 24.7 Å². The highest BCUT2D eigenvalue weighted by Crippen LogP contribution is 2.36. The first-order chi connectivity index (χ1) is 16.4. The van der Waals surface area contributed by atoms with Gasteiger partial charge in [-0.25, -0.2) is 4.79 Å². The van der Waals surface area contributed by atoms with E-state index < -0.39 is 18.3 Å². The third-order valence-electron chi connectivity index (χ3n) is 6.39. The van der Waals surface area contributed by atoms with Gasteiger partial charge in [-0.15, -0.1) is 0 Å². The molecule has 1 aliphatic heterocycles. The highest BCUT2D eigenvalue weighted by Gasteiger charge is 2.31. The van der Waals surface area contributed by atoms with Crippen molar-refractivity contribution in [2.45, 2.75) is 24.5 Å². The molecule has 1 saturated heterocycles. The Balaban J connectivity index is 1.67. The van der Waals surface area contributed by atoms with Gasteiger partial charge in [0.25, 0.3) is 0 Å². The number of fused-ring (bicyclic) bond motifs is 1. The van der Waals surface area contributed by atoms with E-state index in [1.54, 1.807) is 4.90 Å². The second-order valence-electron chi connectivity index (χ2n) is 8.80. The summed E-state index contributed by atoms with van der Waals surface area (Å²) in [6, 6.07) is 23.7. The quantitative estimate of drug-likeness (QED) is 0.530. The largest absolute Gasteiger partial charge is 0.465 e. The molecule has 0 saturated carbocycles. The van der Waals surface area contributed by atoms with Crippen LogP contribution < -0.4 is 0 Å². The average Bonchev–Trinajstić information content (AvgIpc) is 3.29. The molecule has 1 fully saturated rings. The van der Waals surface area contributed by atoms with Gasteiger partial charge in [0.2, 0.25) is 5.91 Å². The highest BCUT2D eigenvalue weighted by atomic mass is 16.5. The number of carbonyl (C=O) groups is 2. The fourth-order valence-corrected chi connectivity index (χ4v) is 4.50. The van der Waals surface area contributed by atoms with Crippen LogP contribution in [0.4, 0.5) is 4.79 Å². The Hall–Kier alpha value is -3.42. The number of amides is 2. The minimum Gasteiger partial charge on any atom is -0.465 e. The molecule has 0 aromatic heterocycles. The Kier molecular flexibility index (Phi) is 7.45. The van der Waals surface area contributed by atoms with Crippen molar-refractivity contribution in [3.05, 3.63) is 83.9 Å². The molecular formula is C27H30N2O5. The molecule has 3 aromatic carbocycles. The van der Waals surface area contributed by atoms with E-state index >= 15 is 0 Å². The molecule has 0 radical (unpaired) electrons. The lowest BCUT2D eigenvalue weighted by Crippen LogP contribution is -2.36. The van der Waals surface area contributed by atoms with Gasteiger partial charge in [-0.05, 0) is 28.3 Å². The molecule has 0 bridgehead atoms. The van der Waals surface area contributed by atoms with Gasteiger partial charge in [0, 0.05) is 32.6 Å². The predicted molar refractivity (Wildman–Crippen MR) is 130 cm³/mol. The number of likely N-dealkylation sites (tertiary alicyclic amines) is 1. The molecule has 7 heteroatoms. The Bertz CT molecular complexity index is 1140. The van der Waals surface area contributed by atoms with Crippen LogP contribution in [0.15, 0.2) is 72.8 Å². The van der Waals surface area contributed by atoms with Gasteiger partial charge in [0.05, 0.1) is 12.2 Å². The first-order valence-electron chi connectivity index (χ1n) is 11.5. The number of nitrogens with zero attached hydrogens (tertiary/aromatic N) is 2. The van der Waals surface area contributed by atoms with Crippen LogP contribution in [0.5, 0.6) is 0 Å². The average molecular weight is 463 g/mol. The van der Waals surface area contributed by atoms with Crippen LogP contribution in [0.3, 0.4) is 0 Å². The molecule has 2 N–H and O–H groups in total. The lowest BCUT2D eigenvalue weighted by Gasteiger charge is -2.31. The number of benzene rings is 3. The van der Waals surface area contributed by atoms with E-state index in [9.17, 15) is 19.8 Å². The van der Waals surface area contributed by atoms with E-state index in [1.165, 1.54) is 11.9 Å². The molecule has 7 nitrogen and oxygen atoms in total. The van der Waals surface area contributed by atoms with E-state index in [0.29, 0.717) is 19.5 Å². The van der Waals surface area contributed by atoms with Gasteiger partial charge in [0.1, 0.15) is 6.61 Å². The molecule has 3 aromatic rings. The number of carboxylic acid groups (broad SMARTS) is 1. The molecule has 0 spiro atoms. The monoisotopic (exact) mass is 462 g/mol. The molecule has 2 amide bonds. The van der Waals surface area contributed by atoms with Crippen molar-refractivity contribution in [1.29, 1.82) is 0 Å². The Morgan fingerprint density at radius 3 is 2.41 bits per heavy atom. The van der Waals surface area contributed by atoms with Crippen LogP contribution in [-0.2, 0) is 9.53 Å². The fourth-order valence-electron chi connectivity index (χ4n) is 4.50. The number of β-amino-alcohol motifs (C(OH)–C–C–N with tert-alkyl or cyclic N) is 1. The number of aliphatic hydroxyl groups is 1. The fraction of sp³-hybridized carbons (Fsp3) is 0.333. The number of hydrogen-bond donors (Lipinski definition) is 2. The van der Waals surface area contributed by atoms with Crippen molar-refractivity contribution in [3.8, 4) is 0 Å². The first-order valence-corrected chi connectivity index (χ1v) is 11.5. The van der Waals surface area contributed by atoms with E-state index in [0.717, 1.165) is 21.9 Å². The van der Waals surface area contributed by atoms with Gasteiger partial charge in [-0.1, -0.05) is 72.8 Å². The third-order valence-corrected chi connectivity index (χ3v) is 6.39. The predicted octanol–water partition coefficient (Wildman–Crippen LogP) is 3.88. The van der Waals surface area contributed by atoms with Gasteiger partial charge >= 0.3 is 6.09 Å². The highest BCUT2D eigenvalue weighted by molar-refractivity contribution is 5.83. The maximum absolute atomic E-state index is 12.8. The minimum absolute atomic E-state index is 0.146. The summed E-state index contributed by atoms with van der Waals surface area (Å²) < 4.78 is 6.25. The molecule has 0 aliphatic carbocycles. The topological polar surface area (TPSA) is 90.3 Å². The number of likely N-dealkylation sites (N-methyl/N-ethyl adjacent to an activating group) is 1. The third kappa shape index (κ3) is 5.55. The maximum atomic E-state index is 12.8. The van der Waals surface area contributed by atoms with Crippen LogP contribution in [0.2, 0.25) is 0 Å². The van der Waals surface area contributed by atoms with Crippen molar-refractivity contribution in [1.82, 2.24) is 9.80 Å². The summed E-state index contributed by atoms with van der Waals surface area (Å²) in [4.78, 5) is 27.3. The number of aliphatic hydroxyl groups excluding tert-OH is 1. The summed E-state index contributed by atoms with van der Waals surface area (Å²) in [7, 11) is 1.54.